The fraction of sp³-hybridized carbons (Fsp3) is 0.250. The second-order valence-corrected chi connectivity index (χ2v) is 8.94. The van der Waals surface area contributed by atoms with Crippen LogP contribution in [0.5, 0.6) is 17.2 Å². The summed E-state index contributed by atoms with van der Waals surface area (Å²) in [5.74, 6) is 0.632. The highest BCUT2D eigenvalue weighted by molar-refractivity contribution is 6.34. The molecule has 2 amide bonds. The summed E-state index contributed by atoms with van der Waals surface area (Å²) in [6.07, 6.45) is 1.11. The van der Waals surface area contributed by atoms with E-state index in [1.165, 1.54) is 27.2 Å². The van der Waals surface area contributed by atoms with Gasteiger partial charge in [0.2, 0.25) is 17.1 Å². The van der Waals surface area contributed by atoms with Crippen molar-refractivity contribution in [2.75, 3.05) is 26.6 Å². The number of amides is 2. The van der Waals surface area contributed by atoms with Gasteiger partial charge in [-0.2, -0.15) is 0 Å². The number of aryl methyl sites for hydroxylation is 1. The van der Waals surface area contributed by atoms with Gasteiger partial charge in [0.15, 0.2) is 11.5 Å². The zero-order chi connectivity index (χ0) is 26.7. The largest absolute Gasteiger partial charge is 0.493 e. The number of hydrogen-bond acceptors (Lipinski definition) is 6. The zero-order valence-corrected chi connectivity index (χ0v) is 21.7. The molecule has 0 bridgehead atoms. The molecule has 1 aliphatic rings. The van der Waals surface area contributed by atoms with Gasteiger partial charge in [-0.15, -0.1) is 0 Å². The topological polar surface area (TPSA) is 103 Å². The number of nitrogens with one attached hydrogen (secondary N) is 2. The van der Waals surface area contributed by atoms with Gasteiger partial charge in [-0.25, -0.2) is 0 Å². The van der Waals surface area contributed by atoms with E-state index in [-0.39, 0.29) is 22.2 Å². The van der Waals surface area contributed by atoms with E-state index in [0.717, 1.165) is 11.1 Å². The summed E-state index contributed by atoms with van der Waals surface area (Å²) in [5, 5.41) is 5.90. The van der Waals surface area contributed by atoms with Crippen LogP contribution in [-0.2, 0) is 11.2 Å². The number of methoxy groups -OCH3 is 3. The lowest BCUT2D eigenvalue weighted by Crippen LogP contribution is -2.26. The smallest absolute Gasteiger partial charge is 0.257 e. The van der Waals surface area contributed by atoms with Gasteiger partial charge in [0.25, 0.3) is 5.91 Å². The molecule has 0 fully saturated rings. The molecule has 1 atom stereocenters. The number of carbonyl (C=O) groups is 2. The predicted octanol–water partition coefficient (Wildman–Crippen LogP) is 4.77. The molecule has 0 aliphatic heterocycles. The summed E-state index contributed by atoms with van der Waals surface area (Å²) in [6.45, 7) is 1.43. The van der Waals surface area contributed by atoms with Gasteiger partial charge in [-0.3, -0.25) is 14.4 Å². The minimum Gasteiger partial charge on any atom is -0.493 e. The van der Waals surface area contributed by atoms with Crippen LogP contribution in [0.3, 0.4) is 0 Å². The third-order valence-electron chi connectivity index (χ3n) is 6.28. The second-order valence-electron chi connectivity index (χ2n) is 8.53. The minimum absolute atomic E-state index is 0.0700. The van der Waals surface area contributed by atoms with Crippen molar-refractivity contribution in [1.29, 1.82) is 0 Å². The molecule has 0 spiro atoms. The molecule has 4 rings (SSSR count). The van der Waals surface area contributed by atoms with Crippen LogP contribution in [-0.4, -0.2) is 33.1 Å². The molecule has 9 heteroatoms. The third-order valence-corrected chi connectivity index (χ3v) is 6.61. The summed E-state index contributed by atoms with van der Waals surface area (Å²) >= 11 is 6.17. The van der Waals surface area contributed by atoms with E-state index in [4.69, 9.17) is 25.8 Å². The molecular weight excluding hydrogens is 496 g/mol. The van der Waals surface area contributed by atoms with E-state index >= 15 is 0 Å². The van der Waals surface area contributed by atoms with E-state index in [9.17, 15) is 14.4 Å². The van der Waals surface area contributed by atoms with E-state index in [0.29, 0.717) is 41.2 Å². The predicted molar refractivity (Wildman–Crippen MR) is 142 cm³/mol. The highest BCUT2D eigenvalue weighted by Gasteiger charge is 2.29. The number of carbonyl (C=O) groups excluding carboxylic acids is 2. The van der Waals surface area contributed by atoms with Crippen LogP contribution in [0.15, 0.2) is 53.3 Å². The Kier molecular flexibility index (Phi) is 7.69. The molecule has 0 radical (unpaired) electrons. The molecule has 1 unspecified atom stereocenters. The van der Waals surface area contributed by atoms with Crippen LogP contribution >= 0.6 is 11.6 Å². The van der Waals surface area contributed by atoms with Crippen molar-refractivity contribution >= 4 is 29.1 Å². The molecule has 3 aromatic rings. The third kappa shape index (κ3) is 5.11. The first-order valence-electron chi connectivity index (χ1n) is 11.6. The van der Waals surface area contributed by atoms with Crippen LogP contribution in [0.2, 0.25) is 5.02 Å². The molecule has 0 heterocycles. The maximum atomic E-state index is 13.3. The van der Waals surface area contributed by atoms with Crippen molar-refractivity contribution in [3.8, 4) is 28.4 Å². The van der Waals surface area contributed by atoms with Crippen LogP contribution in [0, 0.1) is 0 Å². The van der Waals surface area contributed by atoms with Gasteiger partial charge in [-0.05, 0) is 59.9 Å². The lowest BCUT2D eigenvalue weighted by Gasteiger charge is -2.19. The standard InChI is InChI=1S/C28H27ClN2O6/c1-15(32)30-21-11-9-16-13-24(35-2)26(36-3)27(37-4)25(16)17-10-12-22(23(33)14-19(17)21)31-28(34)18-7-5-6-8-20(18)29/h5-8,10,12-14,21H,9,11H2,1-4H3,(H,30,32)(H,31,33,34). The quantitative estimate of drug-likeness (QED) is 0.483. The molecule has 37 heavy (non-hydrogen) atoms. The summed E-state index contributed by atoms with van der Waals surface area (Å²) < 4.78 is 16.9. The molecule has 3 aromatic carbocycles. The molecule has 192 valence electrons. The zero-order valence-electron chi connectivity index (χ0n) is 20.9. The fourth-order valence-corrected chi connectivity index (χ4v) is 4.87. The van der Waals surface area contributed by atoms with Gasteiger partial charge < -0.3 is 24.8 Å². The van der Waals surface area contributed by atoms with Crippen molar-refractivity contribution in [3.05, 3.63) is 80.5 Å². The Bertz CT molecular complexity index is 1440. The first kappa shape index (κ1) is 26.0. The van der Waals surface area contributed by atoms with E-state index in [1.807, 2.05) is 6.07 Å². The molecule has 0 aromatic heterocycles. The Morgan fingerprint density at radius 2 is 1.70 bits per heavy atom. The average molecular weight is 523 g/mol. The highest BCUT2D eigenvalue weighted by Crippen LogP contribution is 2.50. The van der Waals surface area contributed by atoms with Crippen molar-refractivity contribution in [1.82, 2.24) is 5.32 Å². The Labute approximate surface area is 219 Å². The normalized spacial score (nSPS) is 13.9. The molecule has 1 aliphatic carbocycles. The number of anilines is 1. The summed E-state index contributed by atoms with van der Waals surface area (Å²) in [5.41, 5.74) is 2.80. The lowest BCUT2D eigenvalue weighted by molar-refractivity contribution is -0.119. The van der Waals surface area contributed by atoms with Crippen LogP contribution in [0.4, 0.5) is 5.69 Å². The monoisotopic (exact) mass is 522 g/mol. The van der Waals surface area contributed by atoms with E-state index in [2.05, 4.69) is 10.6 Å². The van der Waals surface area contributed by atoms with Crippen molar-refractivity contribution in [3.63, 3.8) is 0 Å². The van der Waals surface area contributed by atoms with Crippen LogP contribution in [0.1, 0.15) is 40.9 Å². The van der Waals surface area contributed by atoms with E-state index < -0.39 is 17.4 Å². The number of ether oxygens (including phenoxy) is 3. The maximum absolute atomic E-state index is 13.3. The van der Waals surface area contributed by atoms with Gasteiger partial charge in [0.1, 0.15) is 0 Å². The SMILES string of the molecule is COc1cc2c(c(OC)c1OC)-c1ccc(NC(=O)c3ccccc3Cl)c(=O)cc1C(NC(C)=O)CC2. The Morgan fingerprint density at radius 1 is 0.973 bits per heavy atom. The molecule has 8 nitrogen and oxygen atoms in total. The fourth-order valence-electron chi connectivity index (χ4n) is 4.65. The van der Waals surface area contributed by atoms with Crippen molar-refractivity contribution in [2.24, 2.45) is 0 Å². The Hall–Kier alpha value is -4.04. The number of halogens is 1. The average Bonchev–Trinajstić information content (AvgIpc) is 3.12. The van der Waals surface area contributed by atoms with Gasteiger partial charge in [-0.1, -0.05) is 29.8 Å². The van der Waals surface area contributed by atoms with Gasteiger partial charge >= 0.3 is 0 Å². The van der Waals surface area contributed by atoms with Crippen molar-refractivity contribution < 1.29 is 23.8 Å². The van der Waals surface area contributed by atoms with Gasteiger partial charge in [0.05, 0.1) is 43.6 Å². The summed E-state index contributed by atoms with van der Waals surface area (Å²) in [6, 6.07) is 12.7. The van der Waals surface area contributed by atoms with Crippen molar-refractivity contribution in [2.45, 2.75) is 25.8 Å². The van der Waals surface area contributed by atoms with Crippen LogP contribution < -0.4 is 30.3 Å². The summed E-state index contributed by atoms with van der Waals surface area (Å²) in [4.78, 5) is 38.3. The molecule has 2 N–H and O–H groups in total. The van der Waals surface area contributed by atoms with Crippen LogP contribution in [0.25, 0.3) is 11.1 Å². The summed E-state index contributed by atoms with van der Waals surface area (Å²) in [7, 11) is 4.60. The first-order valence-corrected chi connectivity index (χ1v) is 12.0. The lowest BCUT2D eigenvalue weighted by atomic mass is 9.95. The number of rotatable bonds is 6. The molecule has 0 saturated heterocycles. The van der Waals surface area contributed by atoms with Gasteiger partial charge in [0, 0.05) is 12.5 Å². The number of hydrogen-bond donors (Lipinski definition) is 2. The first-order chi connectivity index (χ1) is 17.8. The maximum Gasteiger partial charge on any atom is 0.257 e. The number of fused-ring (bicyclic) bond motifs is 3. The second kappa shape index (κ2) is 10.9. The minimum atomic E-state index is -0.508. The Balaban J connectivity index is 1.94. The highest BCUT2D eigenvalue weighted by atomic mass is 35.5. The molecular formula is C28H27ClN2O6. The molecule has 0 saturated carbocycles. The number of benzene rings is 2. The Morgan fingerprint density at radius 3 is 2.35 bits per heavy atom. The van der Waals surface area contributed by atoms with E-state index in [1.54, 1.807) is 43.5 Å².